The third kappa shape index (κ3) is 1.31. The number of hydrogen-bond donors (Lipinski definition) is 1. The molecule has 3 aromatic heterocycles. The minimum atomic E-state index is -0.159. The van der Waals surface area contributed by atoms with E-state index in [1.165, 1.54) is 0 Å². The van der Waals surface area contributed by atoms with Crippen molar-refractivity contribution in [2.24, 2.45) is 0 Å². The Kier molecular flexibility index (Phi) is 1.86. The van der Waals surface area contributed by atoms with Gasteiger partial charge in [-0.25, -0.2) is 9.97 Å². The standard InChI is InChI=1S/C12H10ClN5/c13-8-6-15-18(7-8)12(3-4-12)11-16-9-2-1-5-14-10(9)17-11/h1-2,5-7H,3-4H2,(H,14,16,17). The molecule has 3 aromatic rings. The number of nitrogens with one attached hydrogen (secondary N) is 1. The van der Waals surface area contributed by atoms with Crippen LogP contribution < -0.4 is 0 Å². The van der Waals surface area contributed by atoms with Gasteiger partial charge < -0.3 is 4.98 Å². The second kappa shape index (κ2) is 3.32. The smallest absolute Gasteiger partial charge is 0.177 e. The maximum atomic E-state index is 5.93. The number of nitrogens with zero attached hydrogens (tertiary/aromatic N) is 4. The third-order valence-electron chi connectivity index (χ3n) is 3.41. The van der Waals surface area contributed by atoms with E-state index in [4.69, 9.17) is 11.6 Å². The molecular formula is C12H10ClN5. The van der Waals surface area contributed by atoms with E-state index in [0.717, 1.165) is 29.8 Å². The summed E-state index contributed by atoms with van der Waals surface area (Å²) in [6, 6.07) is 3.87. The highest BCUT2D eigenvalue weighted by molar-refractivity contribution is 6.30. The van der Waals surface area contributed by atoms with Crippen LogP contribution in [-0.2, 0) is 5.54 Å². The van der Waals surface area contributed by atoms with Crippen LogP contribution in [0.2, 0.25) is 5.02 Å². The Morgan fingerprint density at radius 2 is 2.28 bits per heavy atom. The highest BCUT2D eigenvalue weighted by Crippen LogP contribution is 2.48. The molecule has 1 aliphatic carbocycles. The molecule has 5 nitrogen and oxygen atoms in total. The van der Waals surface area contributed by atoms with E-state index in [1.54, 1.807) is 12.4 Å². The second-order valence-corrected chi connectivity index (χ2v) is 5.03. The summed E-state index contributed by atoms with van der Waals surface area (Å²) >= 11 is 5.93. The van der Waals surface area contributed by atoms with Crippen molar-refractivity contribution in [3.63, 3.8) is 0 Å². The summed E-state index contributed by atoms with van der Waals surface area (Å²) in [6.07, 6.45) is 7.28. The fourth-order valence-electron chi connectivity index (χ4n) is 2.29. The van der Waals surface area contributed by atoms with Crippen molar-refractivity contribution in [1.29, 1.82) is 0 Å². The molecule has 0 aliphatic heterocycles. The van der Waals surface area contributed by atoms with Crippen LogP contribution >= 0.6 is 11.6 Å². The van der Waals surface area contributed by atoms with Crippen molar-refractivity contribution >= 4 is 22.8 Å². The Morgan fingerprint density at radius 3 is 2.94 bits per heavy atom. The monoisotopic (exact) mass is 259 g/mol. The maximum absolute atomic E-state index is 5.93. The number of imidazole rings is 1. The highest BCUT2D eigenvalue weighted by Gasteiger charge is 2.50. The third-order valence-corrected chi connectivity index (χ3v) is 3.61. The first-order chi connectivity index (χ1) is 8.78. The molecule has 1 saturated carbocycles. The summed E-state index contributed by atoms with van der Waals surface area (Å²) < 4.78 is 1.90. The van der Waals surface area contributed by atoms with Crippen LogP contribution in [0.3, 0.4) is 0 Å². The fraction of sp³-hybridized carbons (Fsp3) is 0.250. The van der Waals surface area contributed by atoms with E-state index in [0.29, 0.717) is 5.02 Å². The summed E-state index contributed by atoms with van der Waals surface area (Å²) in [4.78, 5) is 12.1. The van der Waals surface area contributed by atoms with E-state index in [1.807, 2.05) is 23.0 Å². The van der Waals surface area contributed by atoms with Crippen molar-refractivity contribution < 1.29 is 0 Å². The SMILES string of the molecule is Clc1cnn(C2(c3nc4ncccc4[nH]3)CC2)c1. The molecule has 90 valence electrons. The van der Waals surface area contributed by atoms with Crippen molar-refractivity contribution in [3.8, 4) is 0 Å². The molecule has 0 atom stereocenters. The number of aromatic nitrogens is 5. The molecule has 0 unspecified atom stereocenters. The highest BCUT2D eigenvalue weighted by atomic mass is 35.5. The molecular weight excluding hydrogens is 250 g/mol. The number of aromatic amines is 1. The van der Waals surface area contributed by atoms with Crippen LogP contribution in [0.15, 0.2) is 30.7 Å². The topological polar surface area (TPSA) is 59.4 Å². The first-order valence-corrected chi connectivity index (χ1v) is 6.18. The van der Waals surface area contributed by atoms with E-state index < -0.39 is 0 Å². The first kappa shape index (κ1) is 10.1. The van der Waals surface area contributed by atoms with Crippen LogP contribution in [0.25, 0.3) is 11.2 Å². The molecule has 4 rings (SSSR count). The zero-order valence-electron chi connectivity index (χ0n) is 9.47. The van der Waals surface area contributed by atoms with Gasteiger partial charge in [0.2, 0.25) is 0 Å². The molecule has 1 aliphatic rings. The lowest BCUT2D eigenvalue weighted by atomic mass is 10.2. The zero-order valence-corrected chi connectivity index (χ0v) is 10.2. The van der Waals surface area contributed by atoms with Gasteiger partial charge in [0.1, 0.15) is 11.4 Å². The molecule has 6 heteroatoms. The molecule has 0 saturated heterocycles. The predicted octanol–water partition coefficient (Wildman–Crippen LogP) is 2.35. The molecule has 0 radical (unpaired) electrons. The Labute approximate surface area is 108 Å². The van der Waals surface area contributed by atoms with Crippen LogP contribution in [0, 0.1) is 0 Å². The van der Waals surface area contributed by atoms with Gasteiger partial charge in [0.15, 0.2) is 5.65 Å². The number of pyridine rings is 1. The summed E-state index contributed by atoms with van der Waals surface area (Å²) in [5, 5.41) is 4.95. The van der Waals surface area contributed by atoms with Crippen LogP contribution in [0.1, 0.15) is 18.7 Å². The Morgan fingerprint density at radius 1 is 1.39 bits per heavy atom. The normalized spacial score (nSPS) is 17.2. The summed E-state index contributed by atoms with van der Waals surface area (Å²) in [5.74, 6) is 0.913. The van der Waals surface area contributed by atoms with Gasteiger partial charge in [-0.15, -0.1) is 0 Å². The van der Waals surface area contributed by atoms with Gasteiger partial charge in [-0.05, 0) is 25.0 Å². The molecule has 1 N–H and O–H groups in total. The lowest BCUT2D eigenvalue weighted by Crippen LogP contribution is -2.20. The molecule has 0 amide bonds. The largest absolute Gasteiger partial charge is 0.339 e. The zero-order chi connectivity index (χ0) is 12.2. The number of H-pyrrole nitrogens is 1. The average Bonchev–Trinajstić information content (AvgIpc) is 2.88. The van der Waals surface area contributed by atoms with Crippen molar-refractivity contribution in [2.45, 2.75) is 18.4 Å². The number of fused-ring (bicyclic) bond motifs is 1. The van der Waals surface area contributed by atoms with Crippen molar-refractivity contribution in [3.05, 3.63) is 41.6 Å². The van der Waals surface area contributed by atoms with Crippen LogP contribution in [-0.4, -0.2) is 24.7 Å². The lowest BCUT2D eigenvalue weighted by Gasteiger charge is -2.12. The Bertz CT molecular complexity index is 692. The molecule has 0 bridgehead atoms. The van der Waals surface area contributed by atoms with Gasteiger partial charge in [-0.2, -0.15) is 5.10 Å². The molecule has 1 fully saturated rings. The van der Waals surface area contributed by atoms with E-state index in [9.17, 15) is 0 Å². The van der Waals surface area contributed by atoms with E-state index >= 15 is 0 Å². The van der Waals surface area contributed by atoms with Crippen molar-refractivity contribution in [1.82, 2.24) is 24.7 Å². The van der Waals surface area contributed by atoms with Gasteiger partial charge in [0.05, 0.1) is 16.7 Å². The lowest BCUT2D eigenvalue weighted by molar-refractivity contribution is 0.485. The van der Waals surface area contributed by atoms with Gasteiger partial charge >= 0.3 is 0 Å². The minimum absolute atomic E-state index is 0.159. The van der Waals surface area contributed by atoms with Gasteiger partial charge in [0.25, 0.3) is 0 Å². The Hall–Kier alpha value is -1.88. The fourth-order valence-corrected chi connectivity index (χ4v) is 2.43. The summed E-state index contributed by atoms with van der Waals surface area (Å²) in [6.45, 7) is 0. The first-order valence-electron chi connectivity index (χ1n) is 5.80. The minimum Gasteiger partial charge on any atom is -0.339 e. The van der Waals surface area contributed by atoms with Crippen LogP contribution in [0.5, 0.6) is 0 Å². The van der Waals surface area contributed by atoms with E-state index in [2.05, 4.69) is 20.1 Å². The van der Waals surface area contributed by atoms with Gasteiger partial charge in [-0.1, -0.05) is 11.6 Å². The van der Waals surface area contributed by atoms with Gasteiger partial charge in [0, 0.05) is 12.4 Å². The number of halogens is 1. The maximum Gasteiger partial charge on any atom is 0.177 e. The molecule has 3 heterocycles. The molecule has 0 aromatic carbocycles. The van der Waals surface area contributed by atoms with Gasteiger partial charge in [-0.3, -0.25) is 4.68 Å². The average molecular weight is 260 g/mol. The number of rotatable bonds is 2. The predicted molar refractivity (Wildman–Crippen MR) is 67.4 cm³/mol. The van der Waals surface area contributed by atoms with E-state index in [-0.39, 0.29) is 5.54 Å². The molecule has 18 heavy (non-hydrogen) atoms. The number of hydrogen-bond acceptors (Lipinski definition) is 3. The summed E-state index contributed by atoms with van der Waals surface area (Å²) in [5.41, 5.74) is 1.54. The quantitative estimate of drug-likeness (QED) is 0.768. The Balaban J connectivity index is 1.87. The van der Waals surface area contributed by atoms with Crippen molar-refractivity contribution in [2.75, 3.05) is 0 Å². The second-order valence-electron chi connectivity index (χ2n) is 4.59. The van der Waals surface area contributed by atoms with Crippen LogP contribution in [0.4, 0.5) is 0 Å². The summed E-state index contributed by atoms with van der Waals surface area (Å²) in [7, 11) is 0. The molecule has 0 spiro atoms.